The number of hydrogen-bond acceptors (Lipinski definition) is 3. The van der Waals surface area contributed by atoms with E-state index in [1.807, 2.05) is 6.92 Å². The van der Waals surface area contributed by atoms with Gasteiger partial charge in [-0.25, -0.2) is 0 Å². The summed E-state index contributed by atoms with van der Waals surface area (Å²) in [6.45, 7) is 2.53. The van der Waals surface area contributed by atoms with Crippen molar-refractivity contribution in [2.24, 2.45) is 0 Å². The molecule has 120 valence electrons. The minimum absolute atomic E-state index is 0.261. The standard InChI is InChI=1S/C16H15Cl2N3O2/c1-2-5-20-15(22)10-6-11(9-19-8-10)16(23)21-12-3-4-13(17)14(18)7-12/h3-4,6-9H,2,5H2,1H3,(H,20,22)(H,21,23). The second-order valence-corrected chi connectivity index (χ2v) is 5.62. The van der Waals surface area contributed by atoms with Gasteiger partial charge in [-0.2, -0.15) is 0 Å². The van der Waals surface area contributed by atoms with Crippen LogP contribution in [0.25, 0.3) is 0 Å². The SMILES string of the molecule is CCCNC(=O)c1cncc(C(=O)Nc2ccc(Cl)c(Cl)c2)c1. The molecule has 7 heteroatoms. The van der Waals surface area contributed by atoms with Gasteiger partial charge in [-0.1, -0.05) is 30.1 Å². The third-order valence-corrected chi connectivity index (χ3v) is 3.71. The van der Waals surface area contributed by atoms with E-state index < -0.39 is 0 Å². The zero-order valence-electron chi connectivity index (χ0n) is 12.4. The fourth-order valence-electron chi connectivity index (χ4n) is 1.81. The molecule has 0 fully saturated rings. The summed E-state index contributed by atoms with van der Waals surface area (Å²) in [4.78, 5) is 28.1. The molecule has 1 aromatic carbocycles. The molecule has 5 nitrogen and oxygen atoms in total. The molecule has 23 heavy (non-hydrogen) atoms. The first-order valence-corrected chi connectivity index (χ1v) is 7.76. The summed E-state index contributed by atoms with van der Waals surface area (Å²) in [6.07, 6.45) is 3.64. The van der Waals surface area contributed by atoms with Crippen LogP contribution in [0.3, 0.4) is 0 Å². The van der Waals surface area contributed by atoms with Crippen LogP contribution >= 0.6 is 23.2 Å². The van der Waals surface area contributed by atoms with E-state index in [0.717, 1.165) is 6.42 Å². The summed E-state index contributed by atoms with van der Waals surface area (Å²) < 4.78 is 0. The van der Waals surface area contributed by atoms with Gasteiger partial charge >= 0.3 is 0 Å². The summed E-state index contributed by atoms with van der Waals surface area (Å²) in [5, 5.41) is 6.16. The van der Waals surface area contributed by atoms with Gasteiger partial charge in [-0.05, 0) is 30.7 Å². The molecule has 0 spiro atoms. The number of amides is 2. The summed E-state index contributed by atoms with van der Waals surface area (Å²) in [5.74, 6) is -0.649. The third-order valence-electron chi connectivity index (χ3n) is 2.98. The summed E-state index contributed by atoms with van der Waals surface area (Å²) >= 11 is 11.7. The van der Waals surface area contributed by atoms with E-state index in [2.05, 4.69) is 15.6 Å². The van der Waals surface area contributed by atoms with Crippen molar-refractivity contribution in [2.75, 3.05) is 11.9 Å². The van der Waals surface area contributed by atoms with Gasteiger partial charge in [0.2, 0.25) is 0 Å². The van der Waals surface area contributed by atoms with E-state index in [1.54, 1.807) is 18.2 Å². The highest BCUT2D eigenvalue weighted by Crippen LogP contribution is 2.25. The van der Waals surface area contributed by atoms with Gasteiger partial charge in [0.05, 0.1) is 21.2 Å². The normalized spacial score (nSPS) is 10.2. The fraction of sp³-hybridized carbons (Fsp3) is 0.188. The van der Waals surface area contributed by atoms with Crippen LogP contribution in [-0.2, 0) is 0 Å². The molecule has 0 aliphatic rings. The Kier molecular flexibility index (Phi) is 5.96. The molecule has 1 heterocycles. The van der Waals surface area contributed by atoms with Crippen LogP contribution in [0, 0.1) is 0 Å². The number of halogens is 2. The molecule has 0 saturated carbocycles. The maximum Gasteiger partial charge on any atom is 0.257 e. The van der Waals surface area contributed by atoms with E-state index in [4.69, 9.17) is 23.2 Å². The summed E-state index contributed by atoms with van der Waals surface area (Å²) in [5.41, 5.74) is 1.12. The minimum Gasteiger partial charge on any atom is -0.352 e. The van der Waals surface area contributed by atoms with Crippen molar-refractivity contribution in [1.82, 2.24) is 10.3 Å². The largest absolute Gasteiger partial charge is 0.352 e. The fourth-order valence-corrected chi connectivity index (χ4v) is 2.10. The van der Waals surface area contributed by atoms with Crippen LogP contribution < -0.4 is 10.6 Å². The van der Waals surface area contributed by atoms with Crippen molar-refractivity contribution in [3.8, 4) is 0 Å². The molecule has 0 unspecified atom stereocenters. The van der Waals surface area contributed by atoms with E-state index in [9.17, 15) is 9.59 Å². The lowest BCUT2D eigenvalue weighted by molar-refractivity contribution is 0.0953. The number of pyridine rings is 1. The Labute approximate surface area is 144 Å². The molecule has 2 N–H and O–H groups in total. The molecule has 0 atom stereocenters. The molecule has 2 aromatic rings. The Morgan fingerprint density at radius 1 is 1.04 bits per heavy atom. The van der Waals surface area contributed by atoms with Gasteiger partial charge in [0.15, 0.2) is 0 Å². The summed E-state index contributed by atoms with van der Waals surface area (Å²) in [7, 11) is 0. The second-order valence-electron chi connectivity index (χ2n) is 4.80. The van der Waals surface area contributed by atoms with E-state index >= 15 is 0 Å². The Morgan fingerprint density at radius 3 is 2.39 bits per heavy atom. The van der Waals surface area contributed by atoms with Crippen LogP contribution in [0.15, 0.2) is 36.7 Å². The average Bonchev–Trinajstić information content (AvgIpc) is 2.56. The molecule has 0 aliphatic carbocycles. The van der Waals surface area contributed by atoms with E-state index in [-0.39, 0.29) is 17.4 Å². The number of aromatic nitrogens is 1. The van der Waals surface area contributed by atoms with Crippen molar-refractivity contribution in [3.63, 3.8) is 0 Å². The number of benzene rings is 1. The van der Waals surface area contributed by atoms with Crippen molar-refractivity contribution in [3.05, 3.63) is 57.8 Å². The number of nitrogens with one attached hydrogen (secondary N) is 2. The lowest BCUT2D eigenvalue weighted by Gasteiger charge is -2.08. The molecule has 2 amide bonds. The minimum atomic E-state index is -0.388. The maximum absolute atomic E-state index is 12.2. The van der Waals surface area contributed by atoms with Crippen molar-refractivity contribution in [2.45, 2.75) is 13.3 Å². The molecule has 0 saturated heterocycles. The molecule has 1 aromatic heterocycles. The zero-order chi connectivity index (χ0) is 16.8. The zero-order valence-corrected chi connectivity index (χ0v) is 13.9. The number of anilines is 1. The van der Waals surface area contributed by atoms with Gasteiger partial charge in [-0.3, -0.25) is 14.6 Å². The highest BCUT2D eigenvalue weighted by Gasteiger charge is 2.12. The van der Waals surface area contributed by atoms with Crippen LogP contribution in [0.5, 0.6) is 0 Å². The average molecular weight is 352 g/mol. The number of carbonyl (C=O) groups excluding carboxylic acids is 2. The van der Waals surface area contributed by atoms with Gasteiger partial charge in [0, 0.05) is 24.6 Å². The Bertz CT molecular complexity index is 735. The lowest BCUT2D eigenvalue weighted by atomic mass is 10.2. The highest BCUT2D eigenvalue weighted by atomic mass is 35.5. The first-order chi connectivity index (χ1) is 11.0. The predicted molar refractivity (Wildman–Crippen MR) is 91.3 cm³/mol. The number of hydrogen-bond donors (Lipinski definition) is 2. The first kappa shape index (κ1) is 17.2. The number of carbonyl (C=O) groups is 2. The topological polar surface area (TPSA) is 71.1 Å². The van der Waals surface area contributed by atoms with E-state index in [0.29, 0.717) is 27.8 Å². The highest BCUT2D eigenvalue weighted by molar-refractivity contribution is 6.42. The Morgan fingerprint density at radius 2 is 1.74 bits per heavy atom. The monoisotopic (exact) mass is 351 g/mol. The van der Waals surface area contributed by atoms with Gasteiger partial charge in [-0.15, -0.1) is 0 Å². The smallest absolute Gasteiger partial charge is 0.257 e. The number of nitrogens with zero attached hydrogens (tertiary/aromatic N) is 1. The molecule has 2 rings (SSSR count). The Hall–Kier alpha value is -2.11. The third kappa shape index (κ3) is 4.68. The van der Waals surface area contributed by atoms with Gasteiger partial charge in [0.25, 0.3) is 11.8 Å². The van der Waals surface area contributed by atoms with E-state index in [1.165, 1.54) is 18.5 Å². The number of rotatable bonds is 5. The van der Waals surface area contributed by atoms with Crippen molar-refractivity contribution < 1.29 is 9.59 Å². The molecular weight excluding hydrogens is 337 g/mol. The van der Waals surface area contributed by atoms with Gasteiger partial charge < -0.3 is 10.6 Å². The van der Waals surface area contributed by atoms with Crippen molar-refractivity contribution in [1.29, 1.82) is 0 Å². The molecule has 0 aliphatic heterocycles. The van der Waals surface area contributed by atoms with Crippen LogP contribution in [0.2, 0.25) is 10.0 Å². The Balaban J connectivity index is 2.13. The quantitative estimate of drug-likeness (QED) is 0.860. The molecule has 0 radical (unpaired) electrons. The molecule has 0 bridgehead atoms. The molecular formula is C16H15Cl2N3O2. The van der Waals surface area contributed by atoms with Crippen LogP contribution in [0.1, 0.15) is 34.1 Å². The first-order valence-electron chi connectivity index (χ1n) is 7.01. The predicted octanol–water partition coefficient (Wildman–Crippen LogP) is 3.78. The second kappa shape index (κ2) is 7.94. The van der Waals surface area contributed by atoms with Crippen LogP contribution in [0.4, 0.5) is 5.69 Å². The summed E-state index contributed by atoms with van der Waals surface area (Å²) in [6, 6.07) is 6.27. The van der Waals surface area contributed by atoms with Crippen LogP contribution in [-0.4, -0.2) is 23.3 Å². The lowest BCUT2D eigenvalue weighted by Crippen LogP contribution is -2.24. The van der Waals surface area contributed by atoms with Crippen molar-refractivity contribution >= 4 is 40.7 Å². The van der Waals surface area contributed by atoms with Gasteiger partial charge in [0.1, 0.15) is 0 Å². The maximum atomic E-state index is 12.2.